The van der Waals surface area contributed by atoms with Crippen LogP contribution in [-0.4, -0.2) is 15.7 Å². The van der Waals surface area contributed by atoms with Gasteiger partial charge in [-0.2, -0.15) is 18.3 Å². The molecule has 0 unspecified atom stereocenters. The quantitative estimate of drug-likeness (QED) is 0.264. The third kappa shape index (κ3) is 6.88. The van der Waals surface area contributed by atoms with Crippen LogP contribution in [0.25, 0.3) is 0 Å². The number of carbonyl (C=O) groups excluding carboxylic acids is 1. The summed E-state index contributed by atoms with van der Waals surface area (Å²) in [4.78, 5) is 13.1. The van der Waals surface area contributed by atoms with Crippen molar-refractivity contribution in [3.05, 3.63) is 112 Å². The molecular formula is C31H32F3N3O2. The number of aryl methyl sites for hydroxylation is 1. The average molecular weight is 536 g/mol. The van der Waals surface area contributed by atoms with Crippen molar-refractivity contribution in [3.8, 4) is 5.75 Å². The Morgan fingerprint density at radius 3 is 2.23 bits per heavy atom. The highest BCUT2D eigenvalue weighted by Crippen LogP contribution is 2.30. The molecule has 0 saturated carbocycles. The summed E-state index contributed by atoms with van der Waals surface area (Å²) in [7, 11) is 0. The Morgan fingerprint density at radius 1 is 0.897 bits per heavy atom. The molecule has 0 aliphatic heterocycles. The van der Waals surface area contributed by atoms with Crippen LogP contribution in [0.4, 0.5) is 18.9 Å². The zero-order valence-electron chi connectivity index (χ0n) is 22.7. The van der Waals surface area contributed by atoms with Crippen LogP contribution < -0.4 is 10.1 Å². The van der Waals surface area contributed by atoms with Gasteiger partial charge in [0, 0.05) is 5.56 Å². The van der Waals surface area contributed by atoms with Gasteiger partial charge in [0.15, 0.2) is 0 Å². The maximum Gasteiger partial charge on any atom is 0.416 e. The van der Waals surface area contributed by atoms with Crippen LogP contribution in [0, 0.1) is 13.8 Å². The highest BCUT2D eigenvalue weighted by molar-refractivity contribution is 6.05. The zero-order valence-corrected chi connectivity index (χ0v) is 22.7. The first kappa shape index (κ1) is 28.0. The standard InChI is InChI=1S/C31H32F3N3O2/c1-20-28(21(2)37(36-20)18-22-8-7-11-26(17-22)31(32,33)34)35-29(38)24-10-6-9-23(16-24)19-39-27-14-12-25(13-15-27)30(3,4)5/h6-17H,18-19H2,1-5H3,(H,35,38). The normalized spacial score (nSPS) is 11.9. The lowest BCUT2D eigenvalue weighted by atomic mass is 9.87. The number of nitrogens with zero attached hydrogens (tertiary/aromatic N) is 2. The van der Waals surface area contributed by atoms with E-state index in [2.05, 4.69) is 43.3 Å². The molecule has 1 heterocycles. The molecule has 5 nitrogen and oxygen atoms in total. The molecule has 0 spiro atoms. The summed E-state index contributed by atoms with van der Waals surface area (Å²) in [5, 5.41) is 7.36. The highest BCUT2D eigenvalue weighted by Gasteiger charge is 2.30. The number of amides is 1. The van der Waals surface area contributed by atoms with E-state index < -0.39 is 11.7 Å². The lowest BCUT2D eigenvalue weighted by Crippen LogP contribution is -2.14. The first-order valence-electron chi connectivity index (χ1n) is 12.6. The van der Waals surface area contributed by atoms with Gasteiger partial charge in [-0.25, -0.2) is 0 Å². The van der Waals surface area contributed by atoms with Crippen molar-refractivity contribution in [2.75, 3.05) is 5.32 Å². The summed E-state index contributed by atoms with van der Waals surface area (Å²) in [5.41, 5.74) is 4.10. The summed E-state index contributed by atoms with van der Waals surface area (Å²) < 4.78 is 46.8. The van der Waals surface area contributed by atoms with E-state index >= 15 is 0 Å². The van der Waals surface area contributed by atoms with E-state index in [1.807, 2.05) is 18.2 Å². The Kier molecular flexibility index (Phi) is 7.86. The minimum atomic E-state index is -4.42. The molecule has 0 radical (unpaired) electrons. The van der Waals surface area contributed by atoms with Crippen LogP contribution in [0.1, 0.15) is 64.8 Å². The predicted octanol–water partition coefficient (Wildman–Crippen LogP) is 7.70. The van der Waals surface area contributed by atoms with E-state index in [1.54, 1.807) is 42.8 Å². The van der Waals surface area contributed by atoms with Gasteiger partial charge in [-0.05, 0) is 72.4 Å². The molecule has 1 amide bonds. The van der Waals surface area contributed by atoms with Gasteiger partial charge >= 0.3 is 6.18 Å². The second kappa shape index (κ2) is 11.0. The van der Waals surface area contributed by atoms with E-state index in [1.165, 1.54) is 11.6 Å². The smallest absolute Gasteiger partial charge is 0.416 e. The van der Waals surface area contributed by atoms with Gasteiger partial charge in [0.05, 0.1) is 29.2 Å². The van der Waals surface area contributed by atoms with Crippen molar-refractivity contribution in [1.82, 2.24) is 9.78 Å². The molecular weight excluding hydrogens is 503 g/mol. The number of carbonyl (C=O) groups is 1. The van der Waals surface area contributed by atoms with Gasteiger partial charge in [-0.1, -0.05) is 57.2 Å². The number of aromatic nitrogens is 2. The third-order valence-electron chi connectivity index (χ3n) is 6.52. The highest BCUT2D eigenvalue weighted by atomic mass is 19.4. The molecule has 39 heavy (non-hydrogen) atoms. The van der Waals surface area contributed by atoms with Gasteiger partial charge in [0.1, 0.15) is 12.4 Å². The minimum absolute atomic E-state index is 0.0611. The molecule has 0 aliphatic carbocycles. The van der Waals surface area contributed by atoms with Gasteiger partial charge in [-0.15, -0.1) is 0 Å². The molecule has 204 valence electrons. The summed E-state index contributed by atoms with van der Waals surface area (Å²) in [6.45, 7) is 10.5. The number of halogens is 3. The number of nitrogens with one attached hydrogen (secondary N) is 1. The molecule has 4 aromatic rings. The van der Waals surface area contributed by atoms with E-state index in [0.29, 0.717) is 34.8 Å². The molecule has 1 N–H and O–H groups in total. The van der Waals surface area contributed by atoms with Crippen LogP contribution in [0.3, 0.4) is 0 Å². The molecule has 4 rings (SSSR count). The molecule has 3 aromatic carbocycles. The number of ether oxygens (including phenoxy) is 1. The maximum absolute atomic E-state index is 13.1. The summed E-state index contributed by atoms with van der Waals surface area (Å²) in [6, 6.07) is 20.3. The Bertz CT molecular complexity index is 1470. The number of anilines is 1. The van der Waals surface area contributed by atoms with Gasteiger partial charge < -0.3 is 10.1 Å². The van der Waals surface area contributed by atoms with Crippen LogP contribution in [0.5, 0.6) is 5.75 Å². The largest absolute Gasteiger partial charge is 0.489 e. The molecule has 0 saturated heterocycles. The first-order valence-corrected chi connectivity index (χ1v) is 12.6. The minimum Gasteiger partial charge on any atom is -0.489 e. The Balaban J connectivity index is 1.43. The van der Waals surface area contributed by atoms with Crippen molar-refractivity contribution in [2.24, 2.45) is 0 Å². The fourth-order valence-electron chi connectivity index (χ4n) is 4.26. The fourth-order valence-corrected chi connectivity index (χ4v) is 4.26. The van der Waals surface area contributed by atoms with Crippen molar-refractivity contribution in [3.63, 3.8) is 0 Å². The first-order chi connectivity index (χ1) is 18.3. The fraction of sp³-hybridized carbons (Fsp3) is 0.290. The Morgan fingerprint density at radius 2 is 1.56 bits per heavy atom. The monoisotopic (exact) mass is 535 g/mol. The number of hydrogen-bond acceptors (Lipinski definition) is 3. The van der Waals surface area contributed by atoms with Crippen molar-refractivity contribution >= 4 is 11.6 Å². The number of benzene rings is 3. The molecule has 0 atom stereocenters. The molecule has 0 aliphatic rings. The van der Waals surface area contributed by atoms with Crippen molar-refractivity contribution < 1.29 is 22.7 Å². The van der Waals surface area contributed by atoms with E-state index in [4.69, 9.17) is 4.74 Å². The zero-order chi connectivity index (χ0) is 28.4. The maximum atomic E-state index is 13.1. The summed E-state index contributed by atoms with van der Waals surface area (Å²) in [6.07, 6.45) is -4.42. The second-order valence-electron chi connectivity index (χ2n) is 10.6. The summed E-state index contributed by atoms with van der Waals surface area (Å²) >= 11 is 0. The molecule has 1 aromatic heterocycles. The lowest BCUT2D eigenvalue weighted by Gasteiger charge is -2.19. The van der Waals surface area contributed by atoms with Crippen LogP contribution in [0.15, 0.2) is 72.8 Å². The van der Waals surface area contributed by atoms with E-state index in [-0.39, 0.29) is 17.9 Å². The van der Waals surface area contributed by atoms with Crippen molar-refractivity contribution in [2.45, 2.75) is 59.4 Å². The number of hydrogen-bond donors (Lipinski definition) is 1. The van der Waals surface area contributed by atoms with Gasteiger partial charge in [-0.3, -0.25) is 9.48 Å². The number of alkyl halides is 3. The predicted molar refractivity (Wildman–Crippen MR) is 146 cm³/mol. The van der Waals surface area contributed by atoms with Crippen LogP contribution >= 0.6 is 0 Å². The molecule has 0 bridgehead atoms. The third-order valence-corrected chi connectivity index (χ3v) is 6.52. The Hall–Kier alpha value is -4.07. The van der Waals surface area contributed by atoms with Crippen molar-refractivity contribution in [1.29, 1.82) is 0 Å². The van der Waals surface area contributed by atoms with Gasteiger partial charge in [0.2, 0.25) is 0 Å². The average Bonchev–Trinajstić information content (AvgIpc) is 3.14. The number of rotatable bonds is 7. The van der Waals surface area contributed by atoms with Crippen LogP contribution in [-0.2, 0) is 24.7 Å². The van der Waals surface area contributed by atoms with Gasteiger partial charge in [0.25, 0.3) is 5.91 Å². The molecule has 8 heteroatoms. The SMILES string of the molecule is Cc1nn(Cc2cccc(C(F)(F)F)c2)c(C)c1NC(=O)c1cccc(COc2ccc(C(C)(C)C)cc2)c1. The summed E-state index contributed by atoms with van der Waals surface area (Å²) in [5.74, 6) is 0.438. The topological polar surface area (TPSA) is 56.2 Å². The molecule has 0 fully saturated rings. The Labute approximate surface area is 226 Å². The second-order valence-corrected chi connectivity index (χ2v) is 10.6. The van der Waals surface area contributed by atoms with Crippen LogP contribution in [0.2, 0.25) is 0 Å². The lowest BCUT2D eigenvalue weighted by molar-refractivity contribution is -0.137. The van der Waals surface area contributed by atoms with E-state index in [9.17, 15) is 18.0 Å². The van der Waals surface area contributed by atoms with E-state index in [0.717, 1.165) is 23.4 Å².